The van der Waals surface area contributed by atoms with Crippen LogP contribution < -0.4 is 15.4 Å². The molecule has 0 aliphatic rings. The van der Waals surface area contributed by atoms with Gasteiger partial charge in [-0.05, 0) is 37.6 Å². The number of hydrogen-bond donors (Lipinski definition) is 2. The Labute approximate surface area is 157 Å². The molecule has 0 radical (unpaired) electrons. The van der Waals surface area contributed by atoms with Crippen molar-refractivity contribution in [3.63, 3.8) is 0 Å². The van der Waals surface area contributed by atoms with Gasteiger partial charge in [0.15, 0.2) is 11.3 Å². The number of nitrogens with one attached hydrogen (secondary N) is 2. The first kappa shape index (κ1) is 18.1. The molecule has 0 saturated carbocycles. The van der Waals surface area contributed by atoms with Gasteiger partial charge in [-0.1, -0.05) is 41.9 Å². The molecule has 2 aromatic carbocycles. The Balaban J connectivity index is 1.65. The van der Waals surface area contributed by atoms with Crippen LogP contribution in [0.4, 0.5) is 4.79 Å². The van der Waals surface area contributed by atoms with Gasteiger partial charge < -0.3 is 19.8 Å². The highest BCUT2D eigenvalue weighted by atomic mass is 35.5. The average Bonchev–Trinajstić information content (AvgIpc) is 3.07. The molecular formula is C20H21ClN2O3. The number of carbonyl (C=O) groups excluding carboxylic acids is 1. The van der Waals surface area contributed by atoms with Gasteiger partial charge in [0.25, 0.3) is 0 Å². The summed E-state index contributed by atoms with van der Waals surface area (Å²) in [6.45, 7) is 4.71. The predicted octanol–water partition coefficient (Wildman–Crippen LogP) is 5.05. The summed E-state index contributed by atoms with van der Waals surface area (Å²) in [5.74, 6) is 1.37. The van der Waals surface area contributed by atoms with Crippen molar-refractivity contribution >= 4 is 28.6 Å². The van der Waals surface area contributed by atoms with Gasteiger partial charge in [0.05, 0.1) is 12.6 Å². The summed E-state index contributed by atoms with van der Waals surface area (Å²) in [6.07, 6.45) is 0. The molecule has 2 amide bonds. The summed E-state index contributed by atoms with van der Waals surface area (Å²) in [5.41, 5.74) is 1.55. The maximum absolute atomic E-state index is 12.2. The molecule has 3 aromatic rings. The van der Waals surface area contributed by atoms with Crippen molar-refractivity contribution < 1.29 is 13.9 Å². The second-order valence-electron chi connectivity index (χ2n) is 5.90. The average molecular weight is 373 g/mol. The minimum absolute atomic E-state index is 0.289. The molecule has 1 heterocycles. The lowest BCUT2D eigenvalue weighted by Gasteiger charge is -2.13. The Kier molecular flexibility index (Phi) is 5.68. The molecule has 0 aliphatic heterocycles. The second-order valence-corrected chi connectivity index (χ2v) is 6.30. The number of hydrogen-bond acceptors (Lipinski definition) is 3. The van der Waals surface area contributed by atoms with E-state index >= 15 is 0 Å². The zero-order valence-corrected chi connectivity index (χ0v) is 15.5. The van der Waals surface area contributed by atoms with E-state index in [0.29, 0.717) is 35.3 Å². The molecule has 1 aromatic heterocycles. The highest BCUT2D eigenvalue weighted by molar-refractivity contribution is 6.31. The number of carbonyl (C=O) groups is 1. The fraction of sp³-hybridized carbons (Fsp3) is 0.250. The van der Waals surface area contributed by atoms with Crippen LogP contribution in [0.15, 0.2) is 52.9 Å². The fourth-order valence-corrected chi connectivity index (χ4v) is 2.88. The Morgan fingerprint density at radius 2 is 2.04 bits per heavy atom. The SMILES string of the molecule is CCOc1cccc2cc(C(C)NC(=O)NCc3ccccc3Cl)oc12. The summed E-state index contributed by atoms with van der Waals surface area (Å²) in [7, 11) is 0. The molecule has 0 fully saturated rings. The summed E-state index contributed by atoms with van der Waals surface area (Å²) >= 11 is 6.10. The topological polar surface area (TPSA) is 63.5 Å². The summed E-state index contributed by atoms with van der Waals surface area (Å²) < 4.78 is 11.5. The number of benzene rings is 2. The zero-order chi connectivity index (χ0) is 18.5. The van der Waals surface area contributed by atoms with Crippen LogP contribution in [0.25, 0.3) is 11.0 Å². The molecule has 26 heavy (non-hydrogen) atoms. The Hall–Kier alpha value is -2.66. The summed E-state index contributed by atoms with van der Waals surface area (Å²) in [6, 6.07) is 14.5. The van der Waals surface area contributed by atoms with Crippen LogP contribution in [0, 0.1) is 0 Å². The van der Waals surface area contributed by atoms with Crippen molar-refractivity contribution in [2.24, 2.45) is 0 Å². The van der Waals surface area contributed by atoms with Crippen molar-refractivity contribution in [1.82, 2.24) is 10.6 Å². The van der Waals surface area contributed by atoms with Crippen LogP contribution in [-0.2, 0) is 6.54 Å². The lowest BCUT2D eigenvalue weighted by Crippen LogP contribution is -2.36. The first-order chi connectivity index (χ1) is 12.6. The number of fused-ring (bicyclic) bond motifs is 1. The Morgan fingerprint density at radius 3 is 2.81 bits per heavy atom. The van der Waals surface area contributed by atoms with Gasteiger partial charge in [-0.25, -0.2) is 4.79 Å². The second kappa shape index (κ2) is 8.15. The third-order valence-corrected chi connectivity index (χ3v) is 4.37. The maximum Gasteiger partial charge on any atom is 0.315 e. The van der Waals surface area contributed by atoms with Gasteiger partial charge in [0.2, 0.25) is 0 Å². The molecule has 2 N–H and O–H groups in total. The van der Waals surface area contributed by atoms with E-state index in [-0.39, 0.29) is 12.1 Å². The van der Waals surface area contributed by atoms with Crippen LogP contribution in [0.2, 0.25) is 5.02 Å². The minimum atomic E-state index is -0.289. The van der Waals surface area contributed by atoms with E-state index in [1.807, 2.05) is 56.3 Å². The van der Waals surface area contributed by atoms with Crippen LogP contribution in [0.1, 0.15) is 31.2 Å². The molecule has 5 nitrogen and oxygen atoms in total. The largest absolute Gasteiger partial charge is 0.490 e. The van der Waals surface area contributed by atoms with E-state index < -0.39 is 0 Å². The smallest absolute Gasteiger partial charge is 0.315 e. The monoisotopic (exact) mass is 372 g/mol. The van der Waals surface area contributed by atoms with E-state index in [1.165, 1.54) is 0 Å². The highest BCUT2D eigenvalue weighted by Crippen LogP contribution is 2.31. The normalized spacial score (nSPS) is 12.0. The molecule has 0 aliphatic carbocycles. The van der Waals surface area contributed by atoms with Crippen molar-refractivity contribution in [3.8, 4) is 5.75 Å². The number of para-hydroxylation sites is 1. The fourth-order valence-electron chi connectivity index (χ4n) is 2.67. The van der Waals surface area contributed by atoms with Gasteiger partial charge in [0.1, 0.15) is 5.76 Å². The van der Waals surface area contributed by atoms with Crippen LogP contribution >= 0.6 is 11.6 Å². The molecule has 136 valence electrons. The maximum atomic E-state index is 12.2. The number of ether oxygens (including phenoxy) is 1. The third-order valence-electron chi connectivity index (χ3n) is 4.00. The number of urea groups is 1. The van der Waals surface area contributed by atoms with Gasteiger partial charge in [-0.2, -0.15) is 0 Å². The van der Waals surface area contributed by atoms with Crippen LogP contribution in [-0.4, -0.2) is 12.6 Å². The quantitative estimate of drug-likeness (QED) is 0.636. The lowest BCUT2D eigenvalue weighted by molar-refractivity contribution is 0.236. The molecule has 1 atom stereocenters. The standard InChI is InChI=1S/C20H21ClN2O3/c1-3-25-17-10-6-8-14-11-18(26-19(14)17)13(2)23-20(24)22-12-15-7-4-5-9-16(15)21/h4-11,13H,3,12H2,1-2H3,(H2,22,23,24). The first-order valence-corrected chi connectivity index (χ1v) is 8.89. The molecule has 0 saturated heterocycles. The summed E-state index contributed by atoms with van der Waals surface area (Å²) in [5, 5.41) is 7.24. The number of rotatable bonds is 6. The van der Waals surface area contributed by atoms with E-state index in [4.69, 9.17) is 20.8 Å². The minimum Gasteiger partial charge on any atom is -0.490 e. The summed E-state index contributed by atoms with van der Waals surface area (Å²) in [4.78, 5) is 12.2. The molecule has 1 unspecified atom stereocenters. The number of halogens is 1. The van der Waals surface area contributed by atoms with E-state index in [2.05, 4.69) is 10.6 Å². The van der Waals surface area contributed by atoms with Crippen LogP contribution in [0.5, 0.6) is 5.75 Å². The van der Waals surface area contributed by atoms with Crippen LogP contribution in [0.3, 0.4) is 0 Å². The molecular weight excluding hydrogens is 352 g/mol. The van der Waals surface area contributed by atoms with Crippen molar-refractivity contribution in [1.29, 1.82) is 0 Å². The number of furan rings is 1. The van der Waals surface area contributed by atoms with Gasteiger partial charge in [0, 0.05) is 17.0 Å². The third kappa shape index (κ3) is 4.11. The first-order valence-electron chi connectivity index (χ1n) is 8.51. The Morgan fingerprint density at radius 1 is 1.23 bits per heavy atom. The van der Waals surface area contributed by atoms with E-state index in [0.717, 1.165) is 10.9 Å². The van der Waals surface area contributed by atoms with E-state index in [9.17, 15) is 4.79 Å². The number of amides is 2. The molecule has 3 rings (SSSR count). The molecule has 0 bridgehead atoms. The Bertz CT molecular complexity index is 907. The van der Waals surface area contributed by atoms with Gasteiger partial charge in [-0.15, -0.1) is 0 Å². The van der Waals surface area contributed by atoms with Gasteiger partial charge in [-0.3, -0.25) is 0 Å². The molecule has 0 spiro atoms. The van der Waals surface area contributed by atoms with Crippen molar-refractivity contribution in [2.45, 2.75) is 26.4 Å². The predicted molar refractivity (Wildman–Crippen MR) is 103 cm³/mol. The highest BCUT2D eigenvalue weighted by Gasteiger charge is 2.16. The van der Waals surface area contributed by atoms with Crippen molar-refractivity contribution in [2.75, 3.05) is 6.61 Å². The van der Waals surface area contributed by atoms with E-state index in [1.54, 1.807) is 6.07 Å². The zero-order valence-electron chi connectivity index (χ0n) is 14.7. The molecule has 6 heteroatoms. The van der Waals surface area contributed by atoms with Crippen molar-refractivity contribution in [3.05, 3.63) is 64.9 Å². The lowest BCUT2D eigenvalue weighted by atomic mass is 10.2. The van der Waals surface area contributed by atoms with Gasteiger partial charge >= 0.3 is 6.03 Å².